The Morgan fingerprint density at radius 2 is 1.68 bits per heavy atom. The Balaban J connectivity index is 2.41. The van der Waals surface area contributed by atoms with E-state index in [1.165, 1.54) is 11.1 Å². The second-order valence-electron chi connectivity index (χ2n) is 5.70. The summed E-state index contributed by atoms with van der Waals surface area (Å²) in [6, 6.07) is 0. The number of hydrogen-bond acceptors (Lipinski definition) is 4. The van der Waals surface area contributed by atoms with E-state index in [0.29, 0.717) is 18.4 Å². The quantitative estimate of drug-likeness (QED) is 0.903. The third-order valence-corrected chi connectivity index (χ3v) is 4.43. The molecule has 1 aromatic rings. The summed E-state index contributed by atoms with van der Waals surface area (Å²) in [5.74, 6) is 2.44. The molecule has 2 unspecified atom stereocenters. The molecular formula is C15H26N4. The van der Waals surface area contributed by atoms with E-state index in [0.717, 1.165) is 37.4 Å². The molecule has 0 spiro atoms. The molecule has 1 saturated heterocycles. The van der Waals surface area contributed by atoms with Crippen molar-refractivity contribution in [2.24, 2.45) is 17.6 Å². The summed E-state index contributed by atoms with van der Waals surface area (Å²) in [7, 11) is 0. The van der Waals surface area contributed by atoms with Gasteiger partial charge in [-0.3, -0.25) is 0 Å². The first-order chi connectivity index (χ1) is 9.12. The van der Waals surface area contributed by atoms with Crippen molar-refractivity contribution in [3.63, 3.8) is 0 Å². The third kappa shape index (κ3) is 2.59. The maximum absolute atomic E-state index is 5.99. The molecule has 4 nitrogen and oxygen atoms in total. The summed E-state index contributed by atoms with van der Waals surface area (Å²) in [5, 5.41) is 8.90. The smallest absolute Gasteiger partial charge is 0.156 e. The monoisotopic (exact) mass is 262 g/mol. The molecule has 1 aliphatic rings. The Hall–Kier alpha value is -1.16. The van der Waals surface area contributed by atoms with Crippen LogP contribution in [0.3, 0.4) is 0 Å². The number of nitrogens with two attached hydrogens (primary N) is 1. The van der Waals surface area contributed by atoms with Crippen LogP contribution in [0, 0.1) is 11.8 Å². The van der Waals surface area contributed by atoms with Crippen LogP contribution in [0.15, 0.2) is 0 Å². The molecule has 2 rings (SSSR count). The molecule has 2 heterocycles. The summed E-state index contributed by atoms with van der Waals surface area (Å²) in [6.45, 7) is 11.6. The van der Waals surface area contributed by atoms with Crippen molar-refractivity contribution in [2.75, 3.05) is 18.0 Å². The highest BCUT2D eigenvalue weighted by atomic mass is 15.3. The van der Waals surface area contributed by atoms with Crippen molar-refractivity contribution < 1.29 is 0 Å². The van der Waals surface area contributed by atoms with Gasteiger partial charge in [-0.05, 0) is 30.2 Å². The lowest BCUT2D eigenvalue weighted by molar-refractivity contribution is 0.494. The first-order valence-corrected chi connectivity index (χ1v) is 7.44. The van der Waals surface area contributed by atoms with E-state index in [1.807, 2.05) is 0 Å². The fourth-order valence-corrected chi connectivity index (χ4v) is 3.01. The Kier molecular flexibility index (Phi) is 4.40. The van der Waals surface area contributed by atoms with Gasteiger partial charge in [-0.15, -0.1) is 5.10 Å². The second kappa shape index (κ2) is 5.87. The summed E-state index contributed by atoms with van der Waals surface area (Å²) < 4.78 is 0. The molecule has 0 saturated carbocycles. The average molecular weight is 262 g/mol. The average Bonchev–Trinajstić information content (AvgIpc) is 2.76. The molecule has 4 heteroatoms. The van der Waals surface area contributed by atoms with E-state index in [2.05, 4.69) is 42.8 Å². The molecule has 2 N–H and O–H groups in total. The topological polar surface area (TPSA) is 55.0 Å². The maximum atomic E-state index is 5.99. The van der Waals surface area contributed by atoms with Crippen LogP contribution in [0.2, 0.25) is 0 Å². The number of aromatic nitrogens is 2. The molecule has 0 aliphatic carbocycles. The Bertz CT molecular complexity index is 434. The zero-order valence-corrected chi connectivity index (χ0v) is 12.6. The molecule has 2 atom stereocenters. The molecule has 1 fully saturated rings. The van der Waals surface area contributed by atoms with Crippen molar-refractivity contribution in [1.29, 1.82) is 0 Å². The normalized spacial score (nSPS) is 23.1. The zero-order valence-electron chi connectivity index (χ0n) is 12.6. The molecule has 19 heavy (non-hydrogen) atoms. The lowest BCUT2D eigenvalue weighted by atomic mass is 10.0. The fourth-order valence-electron chi connectivity index (χ4n) is 3.01. The van der Waals surface area contributed by atoms with Crippen molar-refractivity contribution in [2.45, 2.75) is 47.1 Å². The van der Waals surface area contributed by atoms with Crippen LogP contribution < -0.4 is 10.6 Å². The molecule has 0 radical (unpaired) electrons. The van der Waals surface area contributed by atoms with Crippen LogP contribution >= 0.6 is 0 Å². The van der Waals surface area contributed by atoms with Crippen molar-refractivity contribution in [3.05, 3.63) is 16.8 Å². The Morgan fingerprint density at radius 1 is 1.05 bits per heavy atom. The lowest BCUT2D eigenvalue weighted by Gasteiger charge is -2.22. The SMILES string of the molecule is CCc1nnc(N2CC(C)C(C)C2)c(CN)c1CC. The number of rotatable bonds is 4. The minimum atomic E-state index is 0.556. The zero-order chi connectivity index (χ0) is 14.0. The largest absolute Gasteiger partial charge is 0.354 e. The van der Waals surface area contributed by atoms with Gasteiger partial charge in [0.05, 0.1) is 5.69 Å². The first kappa shape index (κ1) is 14.3. The highest BCUT2D eigenvalue weighted by Gasteiger charge is 2.29. The van der Waals surface area contributed by atoms with Gasteiger partial charge < -0.3 is 10.6 Å². The van der Waals surface area contributed by atoms with Gasteiger partial charge >= 0.3 is 0 Å². The Labute approximate surface area is 116 Å². The summed E-state index contributed by atoms with van der Waals surface area (Å²) >= 11 is 0. The lowest BCUT2D eigenvalue weighted by Crippen LogP contribution is -2.25. The van der Waals surface area contributed by atoms with E-state index in [1.54, 1.807) is 0 Å². The summed E-state index contributed by atoms with van der Waals surface area (Å²) in [4.78, 5) is 2.36. The molecule has 0 amide bonds. The highest BCUT2D eigenvalue weighted by molar-refractivity contribution is 5.52. The van der Waals surface area contributed by atoms with E-state index in [-0.39, 0.29) is 0 Å². The van der Waals surface area contributed by atoms with Crippen LogP contribution in [0.1, 0.15) is 44.5 Å². The molecule has 0 bridgehead atoms. The number of aryl methyl sites for hydroxylation is 1. The van der Waals surface area contributed by atoms with Crippen molar-refractivity contribution in [1.82, 2.24) is 10.2 Å². The van der Waals surface area contributed by atoms with E-state index < -0.39 is 0 Å². The molecule has 1 aliphatic heterocycles. The standard InChI is InChI=1S/C15H26N4/c1-5-12-13(7-16)15(18-17-14(12)6-2)19-8-10(3)11(4)9-19/h10-11H,5-9,16H2,1-4H3. The summed E-state index contributed by atoms with van der Waals surface area (Å²) in [6.07, 6.45) is 1.91. The van der Waals surface area contributed by atoms with Crippen LogP contribution in [-0.2, 0) is 19.4 Å². The van der Waals surface area contributed by atoms with Gasteiger partial charge in [-0.1, -0.05) is 27.7 Å². The van der Waals surface area contributed by atoms with E-state index in [4.69, 9.17) is 5.73 Å². The number of anilines is 1. The number of nitrogens with zero attached hydrogens (tertiary/aromatic N) is 3. The minimum Gasteiger partial charge on any atom is -0.354 e. The van der Waals surface area contributed by atoms with Crippen molar-refractivity contribution in [3.8, 4) is 0 Å². The number of hydrogen-bond donors (Lipinski definition) is 1. The van der Waals surface area contributed by atoms with Crippen LogP contribution in [-0.4, -0.2) is 23.3 Å². The van der Waals surface area contributed by atoms with Gasteiger partial charge in [-0.25, -0.2) is 0 Å². The predicted octanol–water partition coefficient (Wildman–Crippen LogP) is 2.15. The Morgan fingerprint density at radius 3 is 2.16 bits per heavy atom. The van der Waals surface area contributed by atoms with Gasteiger partial charge in [0.1, 0.15) is 0 Å². The van der Waals surface area contributed by atoms with Crippen LogP contribution in [0.4, 0.5) is 5.82 Å². The van der Waals surface area contributed by atoms with Crippen LogP contribution in [0.25, 0.3) is 0 Å². The third-order valence-electron chi connectivity index (χ3n) is 4.43. The highest BCUT2D eigenvalue weighted by Crippen LogP contribution is 2.30. The van der Waals surface area contributed by atoms with Gasteiger partial charge in [0, 0.05) is 25.2 Å². The van der Waals surface area contributed by atoms with Gasteiger partial charge in [-0.2, -0.15) is 5.10 Å². The maximum Gasteiger partial charge on any atom is 0.156 e. The van der Waals surface area contributed by atoms with E-state index >= 15 is 0 Å². The molecule has 0 aromatic carbocycles. The van der Waals surface area contributed by atoms with Gasteiger partial charge in [0.2, 0.25) is 0 Å². The fraction of sp³-hybridized carbons (Fsp3) is 0.733. The van der Waals surface area contributed by atoms with Gasteiger partial charge in [0.25, 0.3) is 0 Å². The summed E-state index contributed by atoms with van der Waals surface area (Å²) in [5.41, 5.74) is 9.61. The van der Waals surface area contributed by atoms with E-state index in [9.17, 15) is 0 Å². The van der Waals surface area contributed by atoms with Crippen LogP contribution in [0.5, 0.6) is 0 Å². The molecular weight excluding hydrogens is 236 g/mol. The molecule has 1 aromatic heterocycles. The van der Waals surface area contributed by atoms with Gasteiger partial charge in [0.15, 0.2) is 5.82 Å². The predicted molar refractivity (Wildman–Crippen MR) is 79.2 cm³/mol. The second-order valence-corrected chi connectivity index (χ2v) is 5.70. The minimum absolute atomic E-state index is 0.556. The van der Waals surface area contributed by atoms with Crippen molar-refractivity contribution >= 4 is 5.82 Å². The first-order valence-electron chi connectivity index (χ1n) is 7.44. The molecule has 106 valence electrons.